The van der Waals surface area contributed by atoms with Gasteiger partial charge in [0.25, 0.3) is 5.91 Å². The van der Waals surface area contributed by atoms with Crippen LogP contribution in [0, 0.1) is 6.92 Å². The Morgan fingerprint density at radius 1 is 1.50 bits per heavy atom. The van der Waals surface area contributed by atoms with Crippen molar-refractivity contribution in [3.8, 4) is 0 Å². The molecule has 2 N–H and O–H groups in total. The molecule has 20 heavy (non-hydrogen) atoms. The van der Waals surface area contributed by atoms with Crippen LogP contribution in [0.3, 0.4) is 0 Å². The number of carbonyl (C=O) groups excluding carboxylic acids is 1. The molecule has 1 heterocycles. The lowest BCUT2D eigenvalue weighted by Crippen LogP contribution is -2.26. The predicted octanol–water partition coefficient (Wildman–Crippen LogP) is 2.24. The third-order valence-corrected chi connectivity index (χ3v) is 3.44. The highest BCUT2D eigenvalue weighted by atomic mass is 35.5. The quantitative estimate of drug-likeness (QED) is 0.882. The molecule has 0 saturated heterocycles. The van der Waals surface area contributed by atoms with Crippen LogP contribution >= 0.6 is 11.6 Å². The van der Waals surface area contributed by atoms with Gasteiger partial charge < -0.3 is 10.6 Å². The van der Waals surface area contributed by atoms with Crippen molar-refractivity contribution in [2.45, 2.75) is 13.5 Å². The van der Waals surface area contributed by atoms with E-state index in [-0.39, 0.29) is 5.91 Å². The van der Waals surface area contributed by atoms with Crippen LogP contribution in [0.25, 0.3) is 0 Å². The molecule has 0 unspecified atom stereocenters. The molecule has 0 fully saturated rings. The van der Waals surface area contributed by atoms with E-state index in [0.29, 0.717) is 28.5 Å². The van der Waals surface area contributed by atoms with E-state index in [2.05, 4.69) is 5.10 Å². The first-order chi connectivity index (χ1) is 9.38. The van der Waals surface area contributed by atoms with Gasteiger partial charge in [0.15, 0.2) is 0 Å². The van der Waals surface area contributed by atoms with Crippen LogP contribution in [0.15, 0.2) is 24.4 Å². The van der Waals surface area contributed by atoms with Crippen molar-refractivity contribution in [1.29, 1.82) is 0 Å². The van der Waals surface area contributed by atoms with Gasteiger partial charge in [-0.15, -0.1) is 0 Å². The fourth-order valence-corrected chi connectivity index (χ4v) is 2.24. The van der Waals surface area contributed by atoms with Crippen molar-refractivity contribution in [2.24, 2.45) is 7.05 Å². The van der Waals surface area contributed by atoms with Crippen LogP contribution in [-0.2, 0) is 13.6 Å². The second kappa shape index (κ2) is 5.54. The van der Waals surface area contributed by atoms with E-state index < -0.39 is 0 Å². The summed E-state index contributed by atoms with van der Waals surface area (Å²) in [5.74, 6) is -0.0888. The van der Waals surface area contributed by atoms with Crippen molar-refractivity contribution >= 4 is 23.2 Å². The molecule has 0 bridgehead atoms. The van der Waals surface area contributed by atoms with Gasteiger partial charge in [-0.25, -0.2) is 0 Å². The van der Waals surface area contributed by atoms with Gasteiger partial charge in [-0.2, -0.15) is 5.10 Å². The minimum absolute atomic E-state index is 0.0888. The summed E-state index contributed by atoms with van der Waals surface area (Å²) in [4.78, 5) is 14.0. The first kappa shape index (κ1) is 14.4. The smallest absolute Gasteiger partial charge is 0.257 e. The van der Waals surface area contributed by atoms with Gasteiger partial charge in [-0.1, -0.05) is 11.6 Å². The highest BCUT2D eigenvalue weighted by molar-refractivity contribution is 6.31. The molecule has 0 aliphatic heterocycles. The molecule has 2 aromatic rings. The van der Waals surface area contributed by atoms with Crippen molar-refractivity contribution < 1.29 is 4.79 Å². The Bertz CT molecular complexity index is 651. The number of halogens is 1. The molecule has 5 nitrogen and oxygen atoms in total. The molecule has 106 valence electrons. The largest absolute Gasteiger partial charge is 0.399 e. The zero-order chi connectivity index (χ0) is 14.9. The highest BCUT2D eigenvalue weighted by Crippen LogP contribution is 2.21. The number of anilines is 1. The number of aryl methyl sites for hydroxylation is 2. The standard InChI is InChI=1S/C14H17ClN4O/c1-9-12(8-19(3)17-9)14(20)18(2)7-10-6-11(16)4-5-13(10)15/h4-6,8H,7,16H2,1-3H3. The summed E-state index contributed by atoms with van der Waals surface area (Å²) in [6, 6.07) is 5.25. The number of amides is 1. The number of hydrogen-bond donors (Lipinski definition) is 1. The molecule has 0 aliphatic carbocycles. The Labute approximate surface area is 122 Å². The Morgan fingerprint density at radius 3 is 2.80 bits per heavy atom. The number of nitrogens with two attached hydrogens (primary N) is 1. The van der Waals surface area contributed by atoms with Crippen molar-refractivity contribution in [2.75, 3.05) is 12.8 Å². The fraction of sp³-hybridized carbons (Fsp3) is 0.286. The predicted molar refractivity (Wildman–Crippen MR) is 79.6 cm³/mol. The van der Waals surface area contributed by atoms with E-state index in [1.165, 1.54) is 0 Å². The van der Waals surface area contributed by atoms with Crippen LogP contribution in [0.5, 0.6) is 0 Å². The summed E-state index contributed by atoms with van der Waals surface area (Å²) < 4.78 is 1.63. The monoisotopic (exact) mass is 292 g/mol. The molecule has 6 heteroatoms. The number of benzene rings is 1. The first-order valence-corrected chi connectivity index (χ1v) is 6.56. The van der Waals surface area contributed by atoms with Gasteiger partial charge in [-0.05, 0) is 30.7 Å². The van der Waals surface area contributed by atoms with Gasteiger partial charge in [0.1, 0.15) is 0 Å². The van der Waals surface area contributed by atoms with Gasteiger partial charge in [0.2, 0.25) is 0 Å². The van der Waals surface area contributed by atoms with Crippen molar-refractivity contribution in [1.82, 2.24) is 14.7 Å². The third kappa shape index (κ3) is 2.93. The maximum absolute atomic E-state index is 12.4. The minimum atomic E-state index is -0.0888. The number of aromatic nitrogens is 2. The van der Waals surface area contributed by atoms with Crippen LogP contribution in [0.2, 0.25) is 5.02 Å². The van der Waals surface area contributed by atoms with Crippen LogP contribution in [-0.4, -0.2) is 27.6 Å². The van der Waals surface area contributed by atoms with Gasteiger partial charge in [0, 0.05) is 37.5 Å². The van der Waals surface area contributed by atoms with Gasteiger partial charge >= 0.3 is 0 Å². The molecule has 1 amide bonds. The third-order valence-electron chi connectivity index (χ3n) is 3.07. The molecular formula is C14H17ClN4O. The summed E-state index contributed by atoms with van der Waals surface area (Å²) in [7, 11) is 3.52. The maximum atomic E-state index is 12.4. The SMILES string of the molecule is Cc1nn(C)cc1C(=O)N(C)Cc1cc(N)ccc1Cl. The lowest BCUT2D eigenvalue weighted by atomic mass is 10.1. The zero-order valence-corrected chi connectivity index (χ0v) is 12.5. The fourth-order valence-electron chi connectivity index (χ4n) is 2.06. The van der Waals surface area contributed by atoms with E-state index in [1.54, 1.807) is 48.1 Å². The number of nitrogens with zero attached hydrogens (tertiary/aromatic N) is 3. The molecule has 1 aromatic carbocycles. The van der Waals surface area contributed by atoms with Crippen molar-refractivity contribution in [3.63, 3.8) is 0 Å². The van der Waals surface area contributed by atoms with E-state index in [9.17, 15) is 4.79 Å². The normalized spacial score (nSPS) is 10.6. The van der Waals surface area contributed by atoms with Gasteiger partial charge in [0.05, 0.1) is 11.3 Å². The summed E-state index contributed by atoms with van der Waals surface area (Å²) in [5, 5.41) is 4.78. The van der Waals surface area contributed by atoms with E-state index in [1.807, 2.05) is 6.92 Å². The topological polar surface area (TPSA) is 64.2 Å². The second-order valence-corrected chi connectivity index (χ2v) is 5.22. The maximum Gasteiger partial charge on any atom is 0.257 e. The number of carbonyl (C=O) groups is 1. The van der Waals surface area contributed by atoms with Crippen LogP contribution in [0.1, 0.15) is 21.6 Å². The van der Waals surface area contributed by atoms with Crippen molar-refractivity contribution in [3.05, 3.63) is 46.2 Å². The molecule has 0 aliphatic rings. The van der Waals surface area contributed by atoms with Crippen LogP contribution < -0.4 is 5.73 Å². The number of rotatable bonds is 3. The minimum Gasteiger partial charge on any atom is -0.399 e. The first-order valence-electron chi connectivity index (χ1n) is 6.18. The van der Waals surface area contributed by atoms with Gasteiger partial charge in [-0.3, -0.25) is 9.48 Å². The van der Waals surface area contributed by atoms with E-state index in [4.69, 9.17) is 17.3 Å². The Kier molecular flexibility index (Phi) is 3.99. The van der Waals surface area contributed by atoms with E-state index in [0.717, 1.165) is 5.56 Å². The highest BCUT2D eigenvalue weighted by Gasteiger charge is 2.17. The van der Waals surface area contributed by atoms with E-state index >= 15 is 0 Å². The average Bonchev–Trinajstić information content (AvgIpc) is 2.72. The summed E-state index contributed by atoms with van der Waals surface area (Å²) in [5.41, 5.74) is 8.50. The lowest BCUT2D eigenvalue weighted by Gasteiger charge is -2.18. The summed E-state index contributed by atoms with van der Waals surface area (Å²) >= 11 is 6.12. The second-order valence-electron chi connectivity index (χ2n) is 4.81. The molecule has 0 saturated carbocycles. The number of hydrogen-bond acceptors (Lipinski definition) is 3. The Balaban J connectivity index is 2.19. The lowest BCUT2D eigenvalue weighted by molar-refractivity contribution is 0.0784. The van der Waals surface area contributed by atoms with Crippen LogP contribution in [0.4, 0.5) is 5.69 Å². The molecule has 2 rings (SSSR count). The molecule has 0 radical (unpaired) electrons. The molecular weight excluding hydrogens is 276 g/mol. The molecule has 0 atom stereocenters. The Hall–Kier alpha value is -2.01. The molecule has 0 spiro atoms. The number of nitrogen functional groups attached to an aromatic ring is 1. The summed E-state index contributed by atoms with van der Waals surface area (Å²) in [6.45, 7) is 2.21. The summed E-state index contributed by atoms with van der Waals surface area (Å²) in [6.07, 6.45) is 1.72. The zero-order valence-electron chi connectivity index (χ0n) is 11.7. The molecule has 1 aromatic heterocycles. The average molecular weight is 293 g/mol. The Morgan fingerprint density at radius 2 is 2.20 bits per heavy atom.